The van der Waals surface area contributed by atoms with Crippen LogP contribution in [0.5, 0.6) is 0 Å². The number of halogens is 1. The van der Waals surface area contributed by atoms with Crippen molar-refractivity contribution in [1.82, 2.24) is 15.1 Å². The van der Waals surface area contributed by atoms with Gasteiger partial charge < -0.3 is 14.6 Å². The summed E-state index contributed by atoms with van der Waals surface area (Å²) in [5.74, 6) is 0.0918. The minimum Gasteiger partial charge on any atom is -0.463 e. The lowest BCUT2D eigenvalue weighted by molar-refractivity contribution is 0.0585. The van der Waals surface area contributed by atoms with Gasteiger partial charge in [-0.15, -0.1) is 12.4 Å². The molecule has 0 spiro atoms. The van der Waals surface area contributed by atoms with Gasteiger partial charge >= 0.3 is 0 Å². The van der Waals surface area contributed by atoms with Gasteiger partial charge in [0.1, 0.15) is 11.8 Å². The van der Waals surface area contributed by atoms with Gasteiger partial charge in [0.15, 0.2) is 0 Å². The van der Waals surface area contributed by atoms with Crippen molar-refractivity contribution in [3.05, 3.63) is 36.1 Å². The first-order valence-corrected chi connectivity index (χ1v) is 8.03. The van der Waals surface area contributed by atoms with Gasteiger partial charge in [-0.25, -0.2) is 0 Å². The maximum atomic E-state index is 12.7. The lowest BCUT2D eigenvalue weighted by Crippen LogP contribution is -2.52. The van der Waals surface area contributed by atoms with Gasteiger partial charge in [0, 0.05) is 44.2 Å². The van der Waals surface area contributed by atoms with E-state index in [9.17, 15) is 4.79 Å². The van der Waals surface area contributed by atoms with Crippen molar-refractivity contribution < 1.29 is 9.21 Å². The van der Waals surface area contributed by atoms with E-state index in [1.54, 1.807) is 6.26 Å². The topological polar surface area (TPSA) is 48.7 Å². The third kappa shape index (κ3) is 3.09. The zero-order valence-electron chi connectivity index (χ0n) is 13.0. The number of carbonyl (C=O) groups is 1. The molecule has 1 aromatic heterocycles. The van der Waals surface area contributed by atoms with E-state index in [2.05, 4.69) is 10.2 Å². The Morgan fingerprint density at radius 1 is 1.17 bits per heavy atom. The summed E-state index contributed by atoms with van der Waals surface area (Å²) in [5, 5.41) is 4.32. The maximum absolute atomic E-state index is 12.7. The van der Waals surface area contributed by atoms with Crippen LogP contribution in [0.1, 0.15) is 16.8 Å². The number of amides is 1. The molecule has 2 saturated heterocycles. The highest BCUT2D eigenvalue weighted by atomic mass is 35.5. The van der Waals surface area contributed by atoms with Crippen LogP contribution in [-0.4, -0.2) is 61.0 Å². The number of carbonyl (C=O) groups excluding carboxylic acids is 1. The van der Waals surface area contributed by atoms with Gasteiger partial charge in [0.2, 0.25) is 0 Å². The molecule has 2 aliphatic rings. The van der Waals surface area contributed by atoms with Crippen LogP contribution < -0.4 is 5.32 Å². The van der Waals surface area contributed by atoms with E-state index in [1.165, 1.54) is 6.42 Å². The van der Waals surface area contributed by atoms with Gasteiger partial charge in [-0.05, 0) is 19.0 Å². The molecule has 0 saturated carbocycles. The van der Waals surface area contributed by atoms with Crippen LogP contribution in [-0.2, 0) is 0 Å². The Bertz CT molecular complexity index is 673. The molecule has 3 heterocycles. The van der Waals surface area contributed by atoms with Crippen molar-refractivity contribution in [2.75, 3.05) is 39.3 Å². The van der Waals surface area contributed by atoms with E-state index in [4.69, 9.17) is 4.42 Å². The fourth-order valence-corrected chi connectivity index (χ4v) is 3.56. The predicted molar refractivity (Wildman–Crippen MR) is 92.2 cm³/mol. The summed E-state index contributed by atoms with van der Waals surface area (Å²) >= 11 is 0. The molecule has 2 aliphatic heterocycles. The Labute approximate surface area is 142 Å². The Kier molecular flexibility index (Phi) is 4.90. The fraction of sp³-hybridized carbons (Fsp3) is 0.471. The van der Waals surface area contributed by atoms with E-state index in [-0.39, 0.29) is 18.3 Å². The van der Waals surface area contributed by atoms with Crippen LogP contribution in [0.3, 0.4) is 0 Å². The second-order valence-electron chi connectivity index (χ2n) is 6.12. The number of furan rings is 1. The van der Waals surface area contributed by atoms with Crippen LogP contribution in [0, 0.1) is 0 Å². The van der Waals surface area contributed by atoms with Crippen LogP contribution in [0.4, 0.5) is 0 Å². The number of nitrogens with zero attached hydrogens (tertiary/aromatic N) is 2. The van der Waals surface area contributed by atoms with Crippen molar-refractivity contribution in [2.24, 2.45) is 0 Å². The van der Waals surface area contributed by atoms with E-state index in [1.807, 2.05) is 29.2 Å². The SMILES string of the molecule is Cl.O=C(c1coc2ccccc12)N1CCN(C2CCNC2)CC1. The molecule has 0 bridgehead atoms. The van der Waals surface area contributed by atoms with Gasteiger partial charge in [-0.1, -0.05) is 18.2 Å². The summed E-state index contributed by atoms with van der Waals surface area (Å²) in [5.41, 5.74) is 1.47. The largest absolute Gasteiger partial charge is 0.463 e. The van der Waals surface area contributed by atoms with Crippen molar-refractivity contribution in [3.8, 4) is 0 Å². The lowest BCUT2D eigenvalue weighted by Gasteiger charge is -2.37. The average Bonchev–Trinajstić information content (AvgIpc) is 3.24. The Hall–Kier alpha value is -1.56. The highest BCUT2D eigenvalue weighted by Crippen LogP contribution is 2.23. The molecule has 1 amide bonds. The van der Waals surface area contributed by atoms with Crippen molar-refractivity contribution >= 4 is 29.3 Å². The molecule has 2 fully saturated rings. The van der Waals surface area contributed by atoms with Gasteiger partial charge in [0.05, 0.1) is 5.56 Å². The number of fused-ring (bicyclic) bond motifs is 1. The number of rotatable bonds is 2. The molecule has 0 aliphatic carbocycles. The van der Waals surface area contributed by atoms with Crippen molar-refractivity contribution in [2.45, 2.75) is 12.5 Å². The van der Waals surface area contributed by atoms with Gasteiger partial charge in [-0.2, -0.15) is 0 Å². The number of hydrogen-bond acceptors (Lipinski definition) is 4. The molecule has 5 nitrogen and oxygen atoms in total. The number of piperazine rings is 1. The lowest BCUT2D eigenvalue weighted by atomic mass is 10.1. The van der Waals surface area contributed by atoms with Gasteiger partial charge in [0.25, 0.3) is 5.91 Å². The molecule has 1 N–H and O–H groups in total. The third-order valence-electron chi connectivity index (χ3n) is 4.86. The first-order chi connectivity index (χ1) is 10.8. The summed E-state index contributed by atoms with van der Waals surface area (Å²) in [6, 6.07) is 8.37. The summed E-state index contributed by atoms with van der Waals surface area (Å²) < 4.78 is 5.50. The molecule has 1 unspecified atom stereocenters. The minimum atomic E-state index is 0. The van der Waals surface area contributed by atoms with E-state index >= 15 is 0 Å². The van der Waals surface area contributed by atoms with Crippen LogP contribution in [0.2, 0.25) is 0 Å². The molecule has 1 aromatic carbocycles. The van der Waals surface area contributed by atoms with E-state index in [0.29, 0.717) is 11.6 Å². The summed E-state index contributed by atoms with van der Waals surface area (Å²) in [6.45, 7) is 5.73. The van der Waals surface area contributed by atoms with Crippen LogP contribution in [0.25, 0.3) is 11.0 Å². The Balaban J connectivity index is 0.00000156. The Morgan fingerprint density at radius 3 is 2.70 bits per heavy atom. The first-order valence-electron chi connectivity index (χ1n) is 8.03. The second kappa shape index (κ2) is 6.91. The fourth-order valence-electron chi connectivity index (χ4n) is 3.56. The average molecular weight is 336 g/mol. The van der Waals surface area contributed by atoms with E-state index < -0.39 is 0 Å². The maximum Gasteiger partial charge on any atom is 0.257 e. The standard InChI is InChI=1S/C17H21N3O2.ClH/c21-17(15-12-22-16-4-2-1-3-14(15)16)20-9-7-19(8-10-20)13-5-6-18-11-13;/h1-4,12-13,18H,5-11H2;1H. The third-order valence-corrected chi connectivity index (χ3v) is 4.86. The highest BCUT2D eigenvalue weighted by molar-refractivity contribution is 6.05. The summed E-state index contributed by atoms with van der Waals surface area (Å²) in [7, 11) is 0. The number of benzene rings is 1. The zero-order valence-corrected chi connectivity index (χ0v) is 13.8. The molecule has 124 valence electrons. The summed E-state index contributed by atoms with van der Waals surface area (Å²) in [4.78, 5) is 17.2. The quantitative estimate of drug-likeness (QED) is 0.911. The number of hydrogen-bond donors (Lipinski definition) is 1. The molecule has 1 atom stereocenters. The first kappa shape index (κ1) is 16.3. The normalized spacial score (nSPS) is 22.3. The second-order valence-corrected chi connectivity index (χ2v) is 6.12. The minimum absolute atomic E-state index is 0. The van der Waals surface area contributed by atoms with E-state index in [0.717, 1.165) is 50.2 Å². The van der Waals surface area contributed by atoms with Gasteiger partial charge in [-0.3, -0.25) is 9.69 Å². The summed E-state index contributed by atoms with van der Waals surface area (Å²) in [6.07, 6.45) is 2.82. The monoisotopic (exact) mass is 335 g/mol. The van der Waals surface area contributed by atoms with Crippen molar-refractivity contribution in [3.63, 3.8) is 0 Å². The molecular weight excluding hydrogens is 314 g/mol. The molecule has 0 radical (unpaired) electrons. The predicted octanol–water partition coefficient (Wildman–Crippen LogP) is 1.97. The molecule has 23 heavy (non-hydrogen) atoms. The van der Waals surface area contributed by atoms with Crippen molar-refractivity contribution in [1.29, 1.82) is 0 Å². The highest BCUT2D eigenvalue weighted by Gasteiger charge is 2.29. The number of nitrogens with one attached hydrogen (secondary N) is 1. The van der Waals surface area contributed by atoms with Crippen LogP contribution >= 0.6 is 12.4 Å². The molecule has 2 aromatic rings. The zero-order chi connectivity index (χ0) is 14.9. The number of para-hydroxylation sites is 1. The molecule has 4 rings (SSSR count). The molecular formula is C17H22ClN3O2. The van der Waals surface area contributed by atoms with Crippen LogP contribution in [0.15, 0.2) is 34.9 Å². The Morgan fingerprint density at radius 2 is 1.96 bits per heavy atom. The smallest absolute Gasteiger partial charge is 0.257 e. The molecule has 6 heteroatoms.